The molecule has 6 N–H and O–H groups in total. The maximum absolute atomic E-state index is 11.5. The first-order chi connectivity index (χ1) is 16.1. The molecular weight excluding hydrogens is 537 g/mol. The number of hydrogen-bond donors (Lipinski definition) is 6. The second-order valence-corrected chi connectivity index (χ2v) is 9.84. The molecule has 2 aromatic carbocycles. The predicted molar refractivity (Wildman–Crippen MR) is 119 cm³/mol. The lowest BCUT2D eigenvalue weighted by Crippen LogP contribution is -2.00. The van der Waals surface area contributed by atoms with Gasteiger partial charge in [0.1, 0.15) is 0 Å². The van der Waals surface area contributed by atoms with Gasteiger partial charge in [-0.05, 0) is 29.8 Å². The smallest absolute Gasteiger partial charge is 0.493 e. The standard InChI is InChI=1S/C17H21O15P3/c1-27-12-7-6-11(15(30-33(18,19)20)17(12)32-35(24,25)26)5-4-10-8-13(28-2)16(14(9-10)29-3)31-34(21,22)23/h4-9H,1-3H3,(H2,18,19,20)(H2,21,22,23)(H2,24,25,26)/b5-4+. The van der Waals surface area contributed by atoms with E-state index < -0.39 is 35.0 Å². The molecule has 194 valence electrons. The van der Waals surface area contributed by atoms with Gasteiger partial charge in [0.05, 0.1) is 21.3 Å². The summed E-state index contributed by atoms with van der Waals surface area (Å²) in [5.41, 5.74) is 0.179. The molecule has 15 nitrogen and oxygen atoms in total. The zero-order valence-electron chi connectivity index (χ0n) is 18.2. The van der Waals surface area contributed by atoms with E-state index in [1.54, 1.807) is 0 Å². The summed E-state index contributed by atoms with van der Waals surface area (Å²) in [6, 6.07) is 5.05. The Kier molecular flexibility index (Phi) is 9.01. The molecule has 0 aliphatic rings. The third-order valence-corrected chi connectivity index (χ3v) is 5.16. The third-order valence-electron chi connectivity index (χ3n) is 3.90. The number of ether oxygens (including phenoxy) is 3. The summed E-state index contributed by atoms with van der Waals surface area (Å²) < 4.78 is 63.0. The lowest BCUT2D eigenvalue weighted by molar-refractivity contribution is 0.258. The van der Waals surface area contributed by atoms with E-state index >= 15 is 0 Å². The Morgan fingerprint density at radius 1 is 0.600 bits per heavy atom. The van der Waals surface area contributed by atoms with Crippen LogP contribution in [0.4, 0.5) is 0 Å². The van der Waals surface area contributed by atoms with E-state index in [1.165, 1.54) is 50.6 Å². The fourth-order valence-electron chi connectivity index (χ4n) is 2.66. The summed E-state index contributed by atoms with van der Waals surface area (Å²) in [7, 11) is -11.9. The number of phosphoric acid groups is 3. The first-order valence-corrected chi connectivity index (χ1v) is 13.6. The average Bonchev–Trinajstić information content (AvgIpc) is 2.71. The summed E-state index contributed by atoms with van der Waals surface area (Å²) in [5, 5.41) is 0. The van der Waals surface area contributed by atoms with Crippen molar-refractivity contribution in [3.63, 3.8) is 0 Å². The molecule has 0 bridgehead atoms. The fourth-order valence-corrected chi connectivity index (χ4v) is 3.92. The van der Waals surface area contributed by atoms with Crippen LogP contribution >= 0.6 is 23.5 Å². The van der Waals surface area contributed by atoms with Gasteiger partial charge in [-0.25, -0.2) is 13.7 Å². The molecule has 18 heteroatoms. The highest BCUT2D eigenvalue weighted by Gasteiger charge is 2.29. The van der Waals surface area contributed by atoms with Crippen molar-refractivity contribution in [3.8, 4) is 34.5 Å². The molecule has 2 rings (SSSR count). The van der Waals surface area contributed by atoms with Crippen LogP contribution in [0, 0.1) is 0 Å². The Hall–Kier alpha value is -2.57. The Balaban J connectivity index is 2.65. The fraction of sp³-hybridized carbons (Fsp3) is 0.176. The second-order valence-electron chi connectivity index (χ2n) is 6.35. The van der Waals surface area contributed by atoms with Crippen LogP contribution in [-0.4, -0.2) is 50.7 Å². The van der Waals surface area contributed by atoms with Crippen LogP contribution in [-0.2, 0) is 13.7 Å². The minimum Gasteiger partial charge on any atom is -0.493 e. The molecule has 0 atom stereocenters. The lowest BCUT2D eigenvalue weighted by Gasteiger charge is -2.18. The second kappa shape index (κ2) is 11.0. The Morgan fingerprint density at radius 3 is 1.46 bits per heavy atom. The van der Waals surface area contributed by atoms with E-state index in [4.69, 9.17) is 24.0 Å². The van der Waals surface area contributed by atoms with E-state index in [-0.39, 0.29) is 34.1 Å². The largest absolute Gasteiger partial charge is 0.525 e. The van der Waals surface area contributed by atoms with Gasteiger partial charge in [-0.1, -0.05) is 12.2 Å². The molecule has 0 amide bonds. The zero-order valence-corrected chi connectivity index (χ0v) is 20.8. The number of benzene rings is 2. The van der Waals surface area contributed by atoms with Crippen LogP contribution in [0.15, 0.2) is 24.3 Å². The molecule has 0 saturated carbocycles. The van der Waals surface area contributed by atoms with Crippen molar-refractivity contribution in [2.24, 2.45) is 0 Å². The van der Waals surface area contributed by atoms with E-state index in [0.29, 0.717) is 0 Å². The molecule has 2 aromatic rings. The molecule has 35 heavy (non-hydrogen) atoms. The van der Waals surface area contributed by atoms with Gasteiger partial charge in [-0.15, -0.1) is 0 Å². The molecule has 0 saturated heterocycles. The van der Waals surface area contributed by atoms with Crippen molar-refractivity contribution in [1.29, 1.82) is 0 Å². The summed E-state index contributed by atoms with van der Waals surface area (Å²) in [5.74, 6) is -2.44. The minimum atomic E-state index is -5.24. The van der Waals surface area contributed by atoms with Crippen LogP contribution in [0.25, 0.3) is 12.2 Å². The quantitative estimate of drug-likeness (QED) is 0.172. The van der Waals surface area contributed by atoms with Crippen molar-refractivity contribution in [1.82, 2.24) is 0 Å². The van der Waals surface area contributed by atoms with Gasteiger partial charge in [0, 0.05) is 5.56 Å². The van der Waals surface area contributed by atoms with Crippen molar-refractivity contribution in [3.05, 3.63) is 35.4 Å². The summed E-state index contributed by atoms with van der Waals surface area (Å²) >= 11 is 0. The molecule has 0 aromatic heterocycles. The van der Waals surface area contributed by atoms with Gasteiger partial charge in [0.2, 0.25) is 11.5 Å². The van der Waals surface area contributed by atoms with E-state index in [9.17, 15) is 33.3 Å². The van der Waals surface area contributed by atoms with Gasteiger partial charge >= 0.3 is 23.5 Å². The summed E-state index contributed by atoms with van der Waals surface area (Å²) in [6.07, 6.45) is 2.57. The van der Waals surface area contributed by atoms with Crippen LogP contribution < -0.4 is 27.8 Å². The SMILES string of the molecule is COc1cc(/C=C/c2ccc(OC)c(OP(=O)(O)O)c2OP(=O)(O)O)cc(OC)c1OP(=O)(O)O. The summed E-state index contributed by atoms with van der Waals surface area (Å²) in [6.45, 7) is 0. The number of methoxy groups -OCH3 is 3. The van der Waals surface area contributed by atoms with Gasteiger partial charge < -0.3 is 27.8 Å². The summed E-state index contributed by atoms with van der Waals surface area (Å²) in [4.78, 5) is 55.2. The maximum atomic E-state index is 11.5. The molecule has 0 heterocycles. The molecule has 0 fully saturated rings. The highest BCUT2D eigenvalue weighted by atomic mass is 31.2. The Labute approximate surface area is 198 Å². The number of rotatable bonds is 11. The van der Waals surface area contributed by atoms with Crippen molar-refractivity contribution >= 4 is 35.6 Å². The predicted octanol–water partition coefficient (Wildman–Crippen LogP) is 2.30. The van der Waals surface area contributed by atoms with Gasteiger partial charge in [-0.2, -0.15) is 0 Å². The molecule has 0 unspecified atom stereocenters. The molecule has 0 aliphatic heterocycles. The monoisotopic (exact) mass is 558 g/mol. The normalized spacial score (nSPS) is 12.4. The Bertz CT molecular complexity index is 1210. The topological polar surface area (TPSA) is 228 Å². The van der Waals surface area contributed by atoms with Crippen molar-refractivity contribution in [2.75, 3.05) is 21.3 Å². The van der Waals surface area contributed by atoms with Crippen LogP contribution in [0.5, 0.6) is 34.5 Å². The number of hydrogen-bond acceptors (Lipinski definition) is 9. The van der Waals surface area contributed by atoms with Crippen LogP contribution in [0.1, 0.15) is 11.1 Å². The molecule has 0 spiro atoms. The number of phosphoric ester groups is 3. The Morgan fingerprint density at radius 2 is 1.03 bits per heavy atom. The first kappa shape index (κ1) is 28.7. The highest BCUT2D eigenvalue weighted by molar-refractivity contribution is 7.47. The maximum Gasteiger partial charge on any atom is 0.525 e. The first-order valence-electron chi connectivity index (χ1n) is 8.97. The third kappa shape index (κ3) is 8.55. The average molecular weight is 558 g/mol. The van der Waals surface area contributed by atoms with E-state index in [2.05, 4.69) is 13.6 Å². The molecule has 0 aliphatic carbocycles. The van der Waals surface area contributed by atoms with Crippen molar-refractivity contribution in [2.45, 2.75) is 0 Å². The van der Waals surface area contributed by atoms with E-state index in [1.807, 2.05) is 0 Å². The van der Waals surface area contributed by atoms with Gasteiger partial charge in [0.15, 0.2) is 23.0 Å². The minimum absolute atomic E-state index is 0.106. The zero-order chi connectivity index (χ0) is 26.6. The lowest BCUT2D eigenvalue weighted by atomic mass is 10.1. The van der Waals surface area contributed by atoms with Crippen molar-refractivity contribution < 1.29 is 70.8 Å². The van der Waals surface area contributed by atoms with Crippen LogP contribution in [0.3, 0.4) is 0 Å². The van der Waals surface area contributed by atoms with Gasteiger partial charge in [-0.3, -0.25) is 29.4 Å². The van der Waals surface area contributed by atoms with Gasteiger partial charge in [0.25, 0.3) is 0 Å². The highest BCUT2D eigenvalue weighted by Crippen LogP contribution is 2.53. The molecular formula is C17H21O15P3. The van der Waals surface area contributed by atoms with Crippen LogP contribution in [0.2, 0.25) is 0 Å². The molecule has 0 radical (unpaired) electrons. The van der Waals surface area contributed by atoms with E-state index in [0.717, 1.165) is 7.11 Å².